The van der Waals surface area contributed by atoms with Crippen LogP contribution in [0.5, 0.6) is 0 Å². The fourth-order valence-corrected chi connectivity index (χ4v) is 6.54. The zero-order valence-corrected chi connectivity index (χ0v) is 24.3. The number of nitrogens with one attached hydrogen (secondary N) is 1. The third kappa shape index (κ3) is 7.14. The van der Waals surface area contributed by atoms with Gasteiger partial charge in [0, 0.05) is 29.0 Å². The van der Waals surface area contributed by atoms with E-state index in [2.05, 4.69) is 10.3 Å². The second-order valence-corrected chi connectivity index (χ2v) is 11.6. The topological polar surface area (TPSA) is 97.8 Å². The molecule has 1 fully saturated rings. The minimum Gasteiger partial charge on any atom is -0.465 e. The fourth-order valence-electron chi connectivity index (χ4n) is 4.93. The summed E-state index contributed by atoms with van der Waals surface area (Å²) in [6.07, 6.45) is -4.29. The number of anilines is 2. The highest BCUT2D eigenvalue weighted by atomic mass is 32.1. The standard InChI is InChI=1S/C28H30F3N3O5S2/c1-16(13-38-2)34(26(36)18-4-8-19(9-5-18)28(29,30)31)22-12-23(41-24(22)27(37)39-3)17-6-10-20(11-7-17)33-25(35)21-14-40-15-32-21/h6-7,10-12,14-16,18-19H,4-5,8-9,13H2,1-3H3,(H,33,35). The number of ether oxygens (including phenoxy) is 2. The number of carbonyl (C=O) groups is 3. The molecular weight excluding hydrogens is 579 g/mol. The number of halogens is 3. The van der Waals surface area contributed by atoms with Crippen LogP contribution in [0, 0.1) is 11.8 Å². The number of hydrogen-bond acceptors (Lipinski definition) is 8. The average molecular weight is 610 g/mol. The average Bonchev–Trinajstić information content (AvgIpc) is 3.64. The van der Waals surface area contributed by atoms with Gasteiger partial charge in [0.25, 0.3) is 5.91 Å². The van der Waals surface area contributed by atoms with Crippen LogP contribution in [0.3, 0.4) is 0 Å². The van der Waals surface area contributed by atoms with Gasteiger partial charge in [-0.15, -0.1) is 22.7 Å². The Hall–Kier alpha value is -3.29. The molecule has 1 atom stereocenters. The second-order valence-electron chi connectivity index (χ2n) is 9.82. The van der Waals surface area contributed by atoms with Crippen LogP contribution in [0.25, 0.3) is 10.4 Å². The van der Waals surface area contributed by atoms with Crippen molar-refractivity contribution in [2.45, 2.75) is 44.8 Å². The van der Waals surface area contributed by atoms with Crippen molar-refractivity contribution in [1.82, 2.24) is 4.98 Å². The van der Waals surface area contributed by atoms with E-state index in [0.717, 1.165) is 16.9 Å². The first-order valence-corrected chi connectivity index (χ1v) is 14.7. The number of benzene rings is 1. The van der Waals surface area contributed by atoms with Gasteiger partial charge in [-0.05, 0) is 56.4 Å². The van der Waals surface area contributed by atoms with Crippen molar-refractivity contribution in [3.8, 4) is 10.4 Å². The molecule has 0 bridgehead atoms. The number of esters is 1. The summed E-state index contributed by atoms with van der Waals surface area (Å²) in [6, 6.07) is 8.19. The third-order valence-corrected chi connectivity index (χ3v) is 8.80. The van der Waals surface area contributed by atoms with Gasteiger partial charge in [-0.2, -0.15) is 13.2 Å². The van der Waals surface area contributed by atoms with Crippen molar-refractivity contribution in [2.24, 2.45) is 11.8 Å². The minimum atomic E-state index is -4.28. The summed E-state index contributed by atoms with van der Waals surface area (Å²) < 4.78 is 50.0. The van der Waals surface area contributed by atoms with Crippen LogP contribution in [0.4, 0.5) is 24.5 Å². The Morgan fingerprint density at radius 3 is 2.37 bits per heavy atom. The van der Waals surface area contributed by atoms with Crippen molar-refractivity contribution in [3.63, 3.8) is 0 Å². The van der Waals surface area contributed by atoms with Gasteiger partial charge in [-0.3, -0.25) is 9.59 Å². The number of aromatic nitrogens is 1. The molecule has 4 rings (SSSR count). The number of alkyl halides is 3. The number of hydrogen-bond donors (Lipinski definition) is 1. The molecule has 1 aromatic carbocycles. The number of nitrogens with zero attached hydrogens (tertiary/aromatic N) is 2. The van der Waals surface area contributed by atoms with E-state index in [1.165, 1.54) is 30.5 Å². The molecule has 2 aromatic heterocycles. The zero-order chi connectivity index (χ0) is 29.7. The van der Waals surface area contributed by atoms with E-state index in [0.29, 0.717) is 21.9 Å². The van der Waals surface area contributed by atoms with E-state index in [9.17, 15) is 27.6 Å². The highest BCUT2D eigenvalue weighted by Gasteiger charge is 2.44. The molecule has 2 heterocycles. The van der Waals surface area contributed by atoms with Gasteiger partial charge in [0.05, 0.1) is 36.9 Å². The summed E-state index contributed by atoms with van der Waals surface area (Å²) in [5.41, 5.74) is 3.49. The summed E-state index contributed by atoms with van der Waals surface area (Å²) >= 11 is 2.46. The van der Waals surface area contributed by atoms with E-state index in [1.54, 1.807) is 48.1 Å². The molecule has 1 saturated carbocycles. The Morgan fingerprint density at radius 2 is 1.80 bits per heavy atom. The van der Waals surface area contributed by atoms with Crippen LogP contribution < -0.4 is 10.2 Å². The summed E-state index contributed by atoms with van der Waals surface area (Å²) in [5, 5.41) is 4.42. The molecule has 0 saturated heterocycles. The van der Waals surface area contributed by atoms with E-state index in [1.807, 2.05) is 0 Å². The minimum absolute atomic E-state index is 0.109. The number of amides is 2. The molecule has 1 aliphatic carbocycles. The third-order valence-electron chi connectivity index (χ3n) is 7.06. The van der Waals surface area contributed by atoms with Gasteiger partial charge >= 0.3 is 12.1 Å². The van der Waals surface area contributed by atoms with Gasteiger partial charge in [0.15, 0.2) is 0 Å². The molecule has 1 N–H and O–H groups in total. The lowest BCUT2D eigenvalue weighted by atomic mass is 9.81. The van der Waals surface area contributed by atoms with Crippen LogP contribution >= 0.6 is 22.7 Å². The Balaban J connectivity index is 1.62. The van der Waals surface area contributed by atoms with Crippen LogP contribution in [-0.2, 0) is 14.3 Å². The Kier molecular flexibility index (Phi) is 9.82. The molecule has 1 aliphatic rings. The molecule has 3 aromatic rings. The molecule has 0 radical (unpaired) electrons. The van der Waals surface area contributed by atoms with Crippen molar-refractivity contribution in [2.75, 3.05) is 31.0 Å². The first-order chi connectivity index (χ1) is 19.5. The van der Waals surface area contributed by atoms with Gasteiger partial charge in [0.1, 0.15) is 10.6 Å². The van der Waals surface area contributed by atoms with Gasteiger partial charge in [-0.25, -0.2) is 9.78 Å². The van der Waals surface area contributed by atoms with Crippen molar-refractivity contribution in [1.29, 1.82) is 0 Å². The predicted octanol–water partition coefficient (Wildman–Crippen LogP) is 6.65. The lowest BCUT2D eigenvalue weighted by molar-refractivity contribution is -0.184. The van der Waals surface area contributed by atoms with Crippen molar-refractivity contribution >= 4 is 51.8 Å². The number of carbonyl (C=O) groups excluding carboxylic acids is 3. The highest BCUT2D eigenvalue weighted by Crippen LogP contribution is 2.43. The Bertz CT molecular complexity index is 1350. The quantitative estimate of drug-likeness (QED) is 0.273. The predicted molar refractivity (Wildman–Crippen MR) is 151 cm³/mol. The van der Waals surface area contributed by atoms with E-state index in [4.69, 9.17) is 9.47 Å². The Labute approximate surface area is 243 Å². The molecule has 8 nitrogen and oxygen atoms in total. The largest absolute Gasteiger partial charge is 0.465 e. The van der Waals surface area contributed by atoms with Crippen molar-refractivity contribution < 1.29 is 37.0 Å². The van der Waals surface area contributed by atoms with E-state index < -0.39 is 30.0 Å². The van der Waals surface area contributed by atoms with Gasteiger partial charge < -0.3 is 19.7 Å². The first kappa shape index (κ1) is 30.7. The van der Waals surface area contributed by atoms with Gasteiger partial charge in [-0.1, -0.05) is 12.1 Å². The highest BCUT2D eigenvalue weighted by molar-refractivity contribution is 7.18. The maximum Gasteiger partial charge on any atom is 0.391 e. The monoisotopic (exact) mass is 609 g/mol. The number of thiazole rings is 1. The molecule has 220 valence electrons. The second kappa shape index (κ2) is 13.1. The molecule has 0 aliphatic heterocycles. The smallest absolute Gasteiger partial charge is 0.391 e. The van der Waals surface area contributed by atoms with Crippen molar-refractivity contribution in [3.05, 3.63) is 51.8 Å². The lowest BCUT2D eigenvalue weighted by Gasteiger charge is -2.35. The zero-order valence-electron chi connectivity index (χ0n) is 22.7. The van der Waals surface area contributed by atoms with Gasteiger partial charge in [0.2, 0.25) is 5.91 Å². The molecule has 1 unspecified atom stereocenters. The summed E-state index contributed by atoms with van der Waals surface area (Å²) in [5.74, 6) is -3.33. The molecule has 0 spiro atoms. The normalized spacial score (nSPS) is 18.0. The van der Waals surface area contributed by atoms with Crippen LogP contribution in [0.1, 0.15) is 52.8 Å². The maximum atomic E-state index is 13.8. The van der Waals surface area contributed by atoms with E-state index >= 15 is 0 Å². The summed E-state index contributed by atoms with van der Waals surface area (Å²) in [4.78, 5) is 45.3. The van der Waals surface area contributed by atoms with Crippen LogP contribution in [0.2, 0.25) is 0 Å². The molecule has 41 heavy (non-hydrogen) atoms. The number of rotatable bonds is 9. The number of thiophene rings is 1. The first-order valence-electron chi connectivity index (χ1n) is 12.9. The lowest BCUT2D eigenvalue weighted by Crippen LogP contribution is -2.46. The molecular formula is C28H30F3N3O5S2. The summed E-state index contributed by atoms with van der Waals surface area (Å²) in [7, 11) is 2.73. The summed E-state index contributed by atoms with van der Waals surface area (Å²) in [6.45, 7) is 1.92. The molecule has 2 amide bonds. The Morgan fingerprint density at radius 1 is 1.12 bits per heavy atom. The fraction of sp³-hybridized carbons (Fsp3) is 0.429. The van der Waals surface area contributed by atoms with E-state index in [-0.39, 0.29) is 49.0 Å². The van der Waals surface area contributed by atoms with Crippen LogP contribution in [-0.4, -0.2) is 55.8 Å². The molecule has 13 heteroatoms. The SMILES string of the molecule is COCC(C)N(C(=O)C1CCC(C(F)(F)F)CC1)c1cc(-c2ccc(NC(=O)c3cscn3)cc2)sc1C(=O)OC. The number of methoxy groups -OCH3 is 2. The maximum absolute atomic E-state index is 13.8. The van der Waals surface area contributed by atoms with Crippen LogP contribution in [0.15, 0.2) is 41.2 Å².